The van der Waals surface area contributed by atoms with Gasteiger partial charge in [0.05, 0.1) is 0 Å². The molecule has 0 unspecified atom stereocenters. The van der Waals surface area contributed by atoms with Gasteiger partial charge in [0.25, 0.3) is 0 Å². The zero-order valence-corrected chi connectivity index (χ0v) is 15.3. The second-order valence-electron chi connectivity index (χ2n) is 4.21. The summed E-state index contributed by atoms with van der Waals surface area (Å²) in [5, 5.41) is 11.0. The summed E-state index contributed by atoms with van der Waals surface area (Å²) in [5.41, 5.74) is 2.88. The molecule has 2 rings (SSSR count). The van der Waals surface area contributed by atoms with Gasteiger partial charge in [-0.05, 0) is 0 Å². The Morgan fingerprint density at radius 3 is 2.26 bits per heavy atom. The van der Waals surface area contributed by atoms with Gasteiger partial charge in [-0.15, -0.1) is 0 Å². The van der Waals surface area contributed by atoms with Crippen molar-refractivity contribution in [3.8, 4) is 0 Å². The molecule has 0 aliphatic heterocycles. The maximum absolute atomic E-state index is 11.0. The number of benzene rings is 2. The van der Waals surface area contributed by atoms with Gasteiger partial charge in [0, 0.05) is 0 Å². The van der Waals surface area contributed by atoms with Crippen molar-refractivity contribution >= 4 is 47.0 Å². The fourth-order valence-electron chi connectivity index (χ4n) is 1.75. The molecule has 0 radical (unpaired) electrons. The topological polar surface area (TPSA) is 43.1 Å². The van der Waals surface area contributed by atoms with Gasteiger partial charge in [-0.3, -0.25) is 0 Å². The fourth-order valence-corrected chi connectivity index (χ4v) is 12.8. The molecule has 0 saturated carbocycles. The van der Waals surface area contributed by atoms with Gasteiger partial charge in [-0.1, -0.05) is 0 Å². The molecule has 0 atom stereocenters. The van der Waals surface area contributed by atoms with Crippen LogP contribution in [0.2, 0.25) is 0 Å². The van der Waals surface area contributed by atoms with Gasteiger partial charge in [0.15, 0.2) is 0 Å². The van der Waals surface area contributed by atoms with E-state index in [1.165, 1.54) is 14.7 Å². The number of aryl methyl sites for hydroxylation is 2. The first-order valence-electron chi connectivity index (χ1n) is 5.72. The van der Waals surface area contributed by atoms with Crippen LogP contribution in [0, 0.1) is 24.0 Å². The predicted octanol–water partition coefficient (Wildman–Crippen LogP) is 1.49. The Bertz CT molecular complexity index is 594. The summed E-state index contributed by atoms with van der Waals surface area (Å²) in [4.78, 5) is 10.7. The van der Waals surface area contributed by atoms with Crippen molar-refractivity contribution in [2.24, 2.45) is 0 Å². The molecule has 98 valence electrons. The van der Waals surface area contributed by atoms with Crippen LogP contribution in [-0.4, -0.2) is 39.0 Å². The average molecular weight is 482 g/mol. The molecular weight excluding hydrogens is 469 g/mol. The SMILES string of the molecule is Cc1cc(C)cc([Te][Te]c2ccccc2[N+](=O)[O-])c1. The molecule has 2 aromatic carbocycles. The Morgan fingerprint density at radius 2 is 1.63 bits per heavy atom. The van der Waals surface area contributed by atoms with Crippen molar-refractivity contribution in [2.45, 2.75) is 13.8 Å². The van der Waals surface area contributed by atoms with E-state index in [-0.39, 0.29) is 22.0 Å². The van der Waals surface area contributed by atoms with Crippen molar-refractivity contribution in [1.82, 2.24) is 0 Å². The fraction of sp³-hybridized carbons (Fsp3) is 0.143. The summed E-state index contributed by atoms with van der Waals surface area (Å²) in [6.07, 6.45) is 0. The van der Waals surface area contributed by atoms with Crippen LogP contribution in [0.5, 0.6) is 0 Å². The van der Waals surface area contributed by atoms with Crippen LogP contribution in [-0.2, 0) is 0 Å². The van der Waals surface area contributed by atoms with Gasteiger partial charge < -0.3 is 0 Å². The maximum atomic E-state index is 11.0. The molecule has 5 heteroatoms. The van der Waals surface area contributed by atoms with Gasteiger partial charge in [-0.2, -0.15) is 0 Å². The number of nitrogens with zero attached hydrogens (tertiary/aromatic N) is 1. The molecule has 0 amide bonds. The number of rotatable bonds is 4. The first kappa shape index (κ1) is 14.8. The van der Waals surface area contributed by atoms with Crippen LogP contribution >= 0.6 is 0 Å². The van der Waals surface area contributed by atoms with Crippen molar-refractivity contribution in [3.05, 3.63) is 63.7 Å². The Hall–Kier alpha value is -0.581. The van der Waals surface area contributed by atoms with E-state index in [2.05, 4.69) is 32.0 Å². The van der Waals surface area contributed by atoms with Crippen molar-refractivity contribution in [3.63, 3.8) is 0 Å². The molecule has 0 fully saturated rings. The molecule has 0 aliphatic rings. The van der Waals surface area contributed by atoms with E-state index in [0.717, 1.165) is 3.61 Å². The third-order valence-corrected chi connectivity index (χ3v) is 14.2. The number of hydrogen-bond donors (Lipinski definition) is 0. The van der Waals surface area contributed by atoms with Gasteiger partial charge in [0.1, 0.15) is 0 Å². The molecule has 0 N–H and O–H groups in total. The average Bonchev–Trinajstić information content (AvgIpc) is 2.35. The molecular formula is C14H13NO2Te2. The summed E-state index contributed by atoms with van der Waals surface area (Å²) in [7, 11) is 0. The zero-order chi connectivity index (χ0) is 13.8. The minimum absolute atomic E-state index is 0.255. The van der Waals surface area contributed by atoms with E-state index < -0.39 is 17.1 Å². The van der Waals surface area contributed by atoms with Crippen molar-refractivity contribution < 1.29 is 4.92 Å². The van der Waals surface area contributed by atoms with E-state index in [4.69, 9.17) is 0 Å². The van der Waals surface area contributed by atoms with Gasteiger partial charge in [-0.25, -0.2) is 0 Å². The van der Waals surface area contributed by atoms with Crippen molar-refractivity contribution in [2.75, 3.05) is 0 Å². The number of nitro benzene ring substituents is 1. The number of para-hydroxylation sites is 1. The number of hydrogen-bond acceptors (Lipinski definition) is 2. The van der Waals surface area contributed by atoms with Crippen molar-refractivity contribution in [1.29, 1.82) is 0 Å². The second kappa shape index (κ2) is 6.73. The van der Waals surface area contributed by atoms with E-state index in [0.29, 0.717) is 5.69 Å². The third kappa shape index (κ3) is 4.20. The third-order valence-electron chi connectivity index (χ3n) is 2.48. The summed E-state index contributed by atoms with van der Waals surface area (Å²) in [6, 6.07) is 13.8. The Balaban J connectivity index is 2.16. The van der Waals surface area contributed by atoms with Gasteiger partial charge >= 0.3 is 130 Å². The Morgan fingerprint density at radius 1 is 1.00 bits per heavy atom. The first-order chi connectivity index (χ1) is 9.06. The summed E-state index contributed by atoms with van der Waals surface area (Å²) in [5.74, 6) is 0. The van der Waals surface area contributed by atoms with E-state index in [9.17, 15) is 10.1 Å². The first-order valence-corrected chi connectivity index (χ1v) is 15.4. The Labute approximate surface area is 128 Å². The quantitative estimate of drug-likeness (QED) is 0.377. The standard InChI is InChI=1S/C14H13NO2Te2/c1-10-7-11(2)9-12(8-10)18-19-14-6-4-3-5-13(14)15(16)17/h3-9H,1-2H3. The molecule has 0 heterocycles. The van der Waals surface area contributed by atoms with Crippen LogP contribution in [0.15, 0.2) is 42.5 Å². The molecule has 0 aromatic heterocycles. The minimum atomic E-state index is -0.439. The monoisotopic (exact) mass is 487 g/mol. The summed E-state index contributed by atoms with van der Waals surface area (Å²) >= 11 is -0.733. The molecule has 0 aliphatic carbocycles. The van der Waals surface area contributed by atoms with Crippen LogP contribution in [0.1, 0.15) is 11.1 Å². The summed E-state index contributed by atoms with van der Waals surface area (Å²) < 4.78 is 2.41. The number of nitro groups is 1. The summed E-state index contributed by atoms with van der Waals surface area (Å²) in [6.45, 7) is 4.21. The zero-order valence-electron chi connectivity index (χ0n) is 10.6. The Kier molecular flexibility index (Phi) is 5.25. The predicted molar refractivity (Wildman–Crippen MR) is 79.8 cm³/mol. The van der Waals surface area contributed by atoms with Crippen LogP contribution < -0.4 is 7.22 Å². The molecule has 0 bridgehead atoms. The van der Waals surface area contributed by atoms with Crippen LogP contribution in [0.25, 0.3) is 0 Å². The molecule has 2 aromatic rings. The molecule has 0 saturated heterocycles. The van der Waals surface area contributed by atoms with E-state index >= 15 is 0 Å². The normalized spacial score (nSPS) is 10.4. The second-order valence-corrected chi connectivity index (χ2v) is 14.1. The van der Waals surface area contributed by atoms with Crippen LogP contribution in [0.3, 0.4) is 0 Å². The molecule has 3 nitrogen and oxygen atoms in total. The van der Waals surface area contributed by atoms with E-state index in [1.807, 2.05) is 12.1 Å². The van der Waals surface area contributed by atoms with Gasteiger partial charge in [0.2, 0.25) is 0 Å². The van der Waals surface area contributed by atoms with Crippen LogP contribution in [0.4, 0.5) is 5.69 Å². The molecule has 19 heavy (non-hydrogen) atoms. The van der Waals surface area contributed by atoms with E-state index in [1.54, 1.807) is 12.1 Å². The molecule has 0 spiro atoms.